The highest BCUT2D eigenvalue weighted by Gasteiger charge is 2.54. The Morgan fingerprint density at radius 3 is 1.90 bits per heavy atom. The summed E-state index contributed by atoms with van der Waals surface area (Å²) >= 11 is 0. The van der Waals surface area contributed by atoms with Crippen molar-refractivity contribution in [1.29, 1.82) is 0 Å². The molecule has 0 spiro atoms. The third-order valence-corrected chi connectivity index (χ3v) is 7.55. The van der Waals surface area contributed by atoms with E-state index in [1.54, 1.807) is 0 Å². The first-order chi connectivity index (χ1) is 10.1. The minimum atomic E-state index is -0.0751. The maximum absolute atomic E-state index is 11.2. The standard InChI is InChI=1S/C19H33NO/c1-13-4-3-5-14(2)20(13)12-18(21)19-9-15-6-16(10-19)8-17(7-15)11-19/h13-18,21H,3-12H2,1-2H3. The molecule has 4 bridgehead atoms. The van der Waals surface area contributed by atoms with Gasteiger partial charge in [0.2, 0.25) is 0 Å². The molecule has 0 radical (unpaired) electrons. The Bertz CT molecular complexity index is 348. The molecule has 2 heteroatoms. The van der Waals surface area contributed by atoms with Gasteiger partial charge in [-0.3, -0.25) is 4.90 Å². The van der Waals surface area contributed by atoms with Crippen LogP contribution in [0.25, 0.3) is 0 Å². The topological polar surface area (TPSA) is 23.5 Å². The zero-order valence-electron chi connectivity index (χ0n) is 13.9. The fourth-order valence-corrected chi connectivity index (χ4v) is 6.81. The van der Waals surface area contributed by atoms with E-state index in [1.807, 2.05) is 0 Å². The normalized spacial score (nSPS) is 51.3. The second kappa shape index (κ2) is 5.23. The second-order valence-corrected chi connectivity index (χ2v) is 9.12. The van der Waals surface area contributed by atoms with Crippen LogP contribution in [0.4, 0.5) is 0 Å². The Morgan fingerprint density at radius 1 is 0.952 bits per heavy atom. The average molecular weight is 291 g/mol. The molecule has 2 nitrogen and oxygen atoms in total. The lowest BCUT2D eigenvalue weighted by atomic mass is 9.48. The fraction of sp³-hybridized carbons (Fsp3) is 1.00. The monoisotopic (exact) mass is 291 g/mol. The van der Waals surface area contributed by atoms with E-state index < -0.39 is 0 Å². The summed E-state index contributed by atoms with van der Waals surface area (Å²) in [6.45, 7) is 5.67. The molecule has 21 heavy (non-hydrogen) atoms. The molecule has 1 heterocycles. The van der Waals surface area contributed by atoms with Crippen LogP contribution in [-0.4, -0.2) is 34.7 Å². The highest BCUT2D eigenvalue weighted by molar-refractivity contribution is 5.05. The van der Waals surface area contributed by atoms with Gasteiger partial charge >= 0.3 is 0 Å². The molecule has 3 unspecified atom stereocenters. The van der Waals surface area contributed by atoms with Crippen molar-refractivity contribution in [3.63, 3.8) is 0 Å². The minimum absolute atomic E-state index is 0.0751. The van der Waals surface area contributed by atoms with Crippen LogP contribution >= 0.6 is 0 Å². The van der Waals surface area contributed by atoms with Crippen LogP contribution in [0.1, 0.15) is 71.6 Å². The van der Waals surface area contributed by atoms with Gasteiger partial charge in [-0.05, 0) is 88.4 Å². The van der Waals surface area contributed by atoms with Gasteiger partial charge in [-0.1, -0.05) is 6.42 Å². The molecule has 1 N–H and O–H groups in total. The molecule has 0 aromatic carbocycles. The van der Waals surface area contributed by atoms with Crippen molar-refractivity contribution < 1.29 is 5.11 Å². The number of likely N-dealkylation sites (tertiary alicyclic amines) is 1. The predicted molar refractivity (Wildman–Crippen MR) is 86.1 cm³/mol. The van der Waals surface area contributed by atoms with Crippen LogP contribution in [0.5, 0.6) is 0 Å². The van der Waals surface area contributed by atoms with Crippen LogP contribution in [0, 0.1) is 23.2 Å². The largest absolute Gasteiger partial charge is 0.391 e. The number of piperidine rings is 1. The molecule has 5 aliphatic rings. The Balaban J connectivity index is 1.48. The van der Waals surface area contributed by atoms with E-state index in [9.17, 15) is 5.11 Å². The zero-order valence-corrected chi connectivity index (χ0v) is 13.9. The molecule has 5 rings (SSSR count). The van der Waals surface area contributed by atoms with Crippen LogP contribution < -0.4 is 0 Å². The van der Waals surface area contributed by atoms with E-state index in [4.69, 9.17) is 0 Å². The Labute approximate surface area is 130 Å². The number of hydrogen-bond acceptors (Lipinski definition) is 2. The number of nitrogens with zero attached hydrogens (tertiary/aromatic N) is 1. The lowest BCUT2D eigenvalue weighted by Gasteiger charge is -2.59. The Hall–Kier alpha value is -0.0800. The maximum Gasteiger partial charge on any atom is 0.0723 e. The third kappa shape index (κ3) is 2.47. The van der Waals surface area contributed by atoms with Crippen molar-refractivity contribution in [3.8, 4) is 0 Å². The van der Waals surface area contributed by atoms with Crippen LogP contribution in [-0.2, 0) is 0 Å². The van der Waals surface area contributed by atoms with Gasteiger partial charge < -0.3 is 5.11 Å². The number of hydrogen-bond donors (Lipinski definition) is 1. The van der Waals surface area contributed by atoms with Crippen LogP contribution in [0.3, 0.4) is 0 Å². The van der Waals surface area contributed by atoms with Gasteiger partial charge in [-0.15, -0.1) is 0 Å². The highest BCUT2D eigenvalue weighted by atomic mass is 16.3. The summed E-state index contributed by atoms with van der Waals surface area (Å²) in [4.78, 5) is 2.62. The van der Waals surface area contributed by atoms with Crippen molar-refractivity contribution in [3.05, 3.63) is 0 Å². The van der Waals surface area contributed by atoms with E-state index in [0.29, 0.717) is 17.5 Å². The third-order valence-electron chi connectivity index (χ3n) is 7.55. The van der Waals surface area contributed by atoms with Gasteiger partial charge in [0.1, 0.15) is 0 Å². The molecular formula is C19H33NO. The fourth-order valence-electron chi connectivity index (χ4n) is 6.81. The van der Waals surface area contributed by atoms with Gasteiger partial charge in [0.05, 0.1) is 6.10 Å². The molecule has 0 aromatic rings. The summed E-state index contributed by atoms with van der Waals surface area (Å²) in [5.41, 5.74) is 0.297. The minimum Gasteiger partial charge on any atom is -0.391 e. The lowest BCUT2D eigenvalue weighted by Crippen LogP contribution is -2.56. The first-order valence-electron chi connectivity index (χ1n) is 9.49. The molecule has 4 aliphatic carbocycles. The SMILES string of the molecule is CC1CCCC(C)N1CC(O)C12CC3CC(CC(C3)C1)C2. The van der Waals surface area contributed by atoms with Crippen LogP contribution in [0.15, 0.2) is 0 Å². The maximum atomic E-state index is 11.2. The van der Waals surface area contributed by atoms with E-state index in [-0.39, 0.29) is 6.10 Å². The van der Waals surface area contributed by atoms with E-state index in [2.05, 4.69) is 18.7 Å². The molecule has 120 valence electrons. The molecule has 1 saturated heterocycles. The summed E-state index contributed by atoms with van der Waals surface area (Å²) in [6.07, 6.45) is 12.3. The number of rotatable bonds is 3. The Kier molecular flexibility index (Phi) is 3.61. The Morgan fingerprint density at radius 2 is 1.43 bits per heavy atom. The highest BCUT2D eigenvalue weighted by Crippen LogP contribution is 2.61. The zero-order chi connectivity index (χ0) is 14.6. The molecule has 0 amide bonds. The summed E-state index contributed by atoms with van der Waals surface area (Å²) < 4.78 is 0. The quantitative estimate of drug-likeness (QED) is 0.854. The molecular weight excluding hydrogens is 258 g/mol. The summed E-state index contributed by atoms with van der Waals surface area (Å²) in [7, 11) is 0. The van der Waals surface area contributed by atoms with Crippen LogP contribution in [0.2, 0.25) is 0 Å². The van der Waals surface area contributed by atoms with Crippen molar-refractivity contribution in [2.45, 2.75) is 89.8 Å². The van der Waals surface area contributed by atoms with E-state index in [0.717, 1.165) is 24.3 Å². The van der Waals surface area contributed by atoms with Crippen molar-refractivity contribution in [2.75, 3.05) is 6.54 Å². The lowest BCUT2D eigenvalue weighted by molar-refractivity contribution is -0.132. The number of aliphatic hydroxyl groups excluding tert-OH is 1. The first kappa shape index (κ1) is 14.5. The average Bonchev–Trinajstić information content (AvgIpc) is 2.41. The first-order valence-corrected chi connectivity index (χ1v) is 9.49. The number of aliphatic hydroxyl groups is 1. The van der Waals surface area contributed by atoms with Crippen molar-refractivity contribution >= 4 is 0 Å². The molecule has 1 aliphatic heterocycles. The molecule has 3 atom stereocenters. The van der Waals surface area contributed by atoms with Gasteiger partial charge in [0.15, 0.2) is 0 Å². The molecule has 4 saturated carbocycles. The summed E-state index contributed by atoms with van der Waals surface area (Å²) in [5.74, 6) is 2.84. The summed E-state index contributed by atoms with van der Waals surface area (Å²) in [6, 6.07) is 1.33. The van der Waals surface area contributed by atoms with Gasteiger partial charge in [-0.2, -0.15) is 0 Å². The number of β-amino-alcohol motifs (C(OH)–C–C–N with tert-alkyl or cyclic N) is 1. The second-order valence-electron chi connectivity index (χ2n) is 9.12. The van der Waals surface area contributed by atoms with Gasteiger partial charge in [0.25, 0.3) is 0 Å². The van der Waals surface area contributed by atoms with E-state index in [1.165, 1.54) is 57.8 Å². The molecule has 0 aromatic heterocycles. The molecule has 5 fully saturated rings. The summed E-state index contributed by atoms with van der Waals surface area (Å²) in [5, 5.41) is 11.2. The van der Waals surface area contributed by atoms with Gasteiger partial charge in [-0.25, -0.2) is 0 Å². The van der Waals surface area contributed by atoms with Crippen molar-refractivity contribution in [1.82, 2.24) is 4.90 Å². The van der Waals surface area contributed by atoms with Crippen molar-refractivity contribution in [2.24, 2.45) is 23.2 Å². The van der Waals surface area contributed by atoms with Gasteiger partial charge in [0, 0.05) is 18.6 Å². The predicted octanol–water partition coefficient (Wildman–Crippen LogP) is 3.83. The van der Waals surface area contributed by atoms with E-state index >= 15 is 0 Å². The smallest absolute Gasteiger partial charge is 0.0723 e.